The minimum Gasteiger partial charge on any atom is -0.349 e. The van der Waals surface area contributed by atoms with Gasteiger partial charge in [-0.1, -0.05) is 55.5 Å². The van der Waals surface area contributed by atoms with Crippen LogP contribution in [-0.2, 0) is 16.0 Å². The van der Waals surface area contributed by atoms with Gasteiger partial charge in [0.2, 0.25) is 11.8 Å². The first-order valence-electron chi connectivity index (χ1n) is 9.17. The Kier molecular flexibility index (Phi) is 7.95. The van der Waals surface area contributed by atoms with Gasteiger partial charge in [-0.05, 0) is 42.3 Å². The van der Waals surface area contributed by atoms with Crippen LogP contribution >= 0.6 is 12.2 Å². The van der Waals surface area contributed by atoms with E-state index in [0.717, 1.165) is 28.8 Å². The fraction of sp³-hybridized carbons (Fsp3) is 0.286. The van der Waals surface area contributed by atoms with Crippen molar-refractivity contribution in [1.29, 1.82) is 0 Å². The third-order valence-corrected chi connectivity index (χ3v) is 4.47. The number of nitrogens with one attached hydrogen (secondary N) is 4. The molecule has 2 rings (SSSR count). The number of anilines is 1. The molecule has 0 spiro atoms. The summed E-state index contributed by atoms with van der Waals surface area (Å²) < 4.78 is 0. The van der Waals surface area contributed by atoms with E-state index in [1.807, 2.05) is 55.5 Å². The molecule has 4 N–H and O–H groups in total. The van der Waals surface area contributed by atoms with Gasteiger partial charge in [0.15, 0.2) is 5.11 Å². The summed E-state index contributed by atoms with van der Waals surface area (Å²) in [5.74, 6) is -0.481. The van der Waals surface area contributed by atoms with E-state index < -0.39 is 6.04 Å². The Labute approximate surface area is 171 Å². The quantitative estimate of drug-likeness (QED) is 0.444. The number of hydrogen-bond donors (Lipinski definition) is 4. The first-order valence-corrected chi connectivity index (χ1v) is 9.58. The van der Waals surface area contributed by atoms with Crippen molar-refractivity contribution in [3.05, 3.63) is 65.2 Å². The smallest absolute Gasteiger partial charge is 0.240 e. The van der Waals surface area contributed by atoms with Gasteiger partial charge in [-0.25, -0.2) is 0 Å². The molecule has 2 aromatic carbocycles. The van der Waals surface area contributed by atoms with Crippen LogP contribution in [0.15, 0.2) is 48.5 Å². The summed E-state index contributed by atoms with van der Waals surface area (Å²) in [5, 5.41) is 6.24. The third kappa shape index (κ3) is 6.35. The van der Waals surface area contributed by atoms with Crippen molar-refractivity contribution >= 4 is 34.8 Å². The topological polar surface area (TPSA) is 82.3 Å². The summed E-state index contributed by atoms with van der Waals surface area (Å²) >= 11 is 5.29. The molecule has 0 unspecified atom stereocenters. The maximum Gasteiger partial charge on any atom is 0.240 e. The SMILES string of the molecule is CCc1cccc(C)c1NC(=S)NNC(=O)C[C@@H](NC(C)=O)c1ccccc1. The van der Waals surface area contributed by atoms with E-state index in [2.05, 4.69) is 28.4 Å². The average Bonchev–Trinajstić information content (AvgIpc) is 2.68. The first-order chi connectivity index (χ1) is 13.4. The minimum atomic E-state index is -0.412. The standard InChI is InChI=1S/C21H26N4O2S/c1-4-16-12-8-9-14(2)20(16)23-21(28)25-24-19(27)13-18(22-15(3)26)17-10-6-5-7-11-17/h5-12,18H,4,13H2,1-3H3,(H,22,26)(H,24,27)(H2,23,25,28)/t18-/m1/s1. The summed E-state index contributed by atoms with van der Waals surface area (Å²) in [6, 6.07) is 15.0. The molecule has 148 valence electrons. The normalized spacial score (nSPS) is 11.2. The largest absolute Gasteiger partial charge is 0.349 e. The van der Waals surface area contributed by atoms with Crippen molar-refractivity contribution in [2.45, 2.75) is 39.7 Å². The molecule has 0 aliphatic carbocycles. The summed E-state index contributed by atoms with van der Waals surface area (Å²) in [7, 11) is 0. The second-order valence-electron chi connectivity index (χ2n) is 6.46. The Morgan fingerprint density at radius 2 is 1.75 bits per heavy atom. The molecule has 28 heavy (non-hydrogen) atoms. The molecular formula is C21H26N4O2S. The van der Waals surface area contributed by atoms with Crippen LogP contribution in [0.4, 0.5) is 5.69 Å². The lowest BCUT2D eigenvalue weighted by molar-refractivity contribution is -0.123. The Hall–Kier alpha value is -2.93. The highest BCUT2D eigenvalue weighted by molar-refractivity contribution is 7.80. The molecule has 0 saturated heterocycles. The number of carbonyl (C=O) groups is 2. The Bertz CT molecular complexity index is 840. The molecule has 0 aliphatic rings. The molecule has 0 radical (unpaired) electrons. The van der Waals surface area contributed by atoms with Gasteiger partial charge in [0, 0.05) is 12.6 Å². The molecule has 0 fully saturated rings. The third-order valence-electron chi connectivity index (χ3n) is 4.26. The number of hydrazine groups is 1. The summed E-state index contributed by atoms with van der Waals surface area (Å²) in [5.41, 5.74) is 9.34. The number of rotatable bonds is 6. The lowest BCUT2D eigenvalue weighted by atomic mass is 10.0. The van der Waals surface area contributed by atoms with Gasteiger partial charge in [-0.3, -0.25) is 20.4 Å². The molecule has 7 heteroatoms. The molecule has 0 aromatic heterocycles. The van der Waals surface area contributed by atoms with E-state index in [1.165, 1.54) is 6.92 Å². The molecule has 0 aliphatic heterocycles. The van der Waals surface area contributed by atoms with Gasteiger partial charge in [0.1, 0.15) is 0 Å². The maximum absolute atomic E-state index is 12.3. The van der Waals surface area contributed by atoms with E-state index in [9.17, 15) is 9.59 Å². The zero-order valence-electron chi connectivity index (χ0n) is 16.3. The minimum absolute atomic E-state index is 0.0871. The molecule has 0 heterocycles. The van der Waals surface area contributed by atoms with Gasteiger partial charge in [0.05, 0.1) is 12.5 Å². The second-order valence-corrected chi connectivity index (χ2v) is 6.87. The van der Waals surface area contributed by atoms with Gasteiger partial charge in [-0.15, -0.1) is 0 Å². The van der Waals surface area contributed by atoms with Crippen LogP contribution in [0.1, 0.15) is 43.0 Å². The van der Waals surface area contributed by atoms with Crippen LogP contribution in [-0.4, -0.2) is 16.9 Å². The molecular weight excluding hydrogens is 372 g/mol. The molecule has 2 amide bonds. The van der Waals surface area contributed by atoms with Crippen molar-refractivity contribution in [1.82, 2.24) is 16.2 Å². The summed E-state index contributed by atoms with van der Waals surface area (Å²) in [4.78, 5) is 23.8. The zero-order valence-corrected chi connectivity index (χ0v) is 17.2. The van der Waals surface area contributed by atoms with Crippen molar-refractivity contribution in [2.24, 2.45) is 0 Å². The number of para-hydroxylation sites is 1. The van der Waals surface area contributed by atoms with Gasteiger partial charge < -0.3 is 10.6 Å². The fourth-order valence-electron chi connectivity index (χ4n) is 2.89. The summed E-state index contributed by atoms with van der Waals surface area (Å²) in [6.45, 7) is 5.50. The molecule has 2 aromatic rings. The van der Waals surface area contributed by atoms with Crippen molar-refractivity contribution in [2.75, 3.05) is 5.32 Å². The molecule has 1 atom stereocenters. The molecule has 6 nitrogen and oxygen atoms in total. The number of hydrogen-bond acceptors (Lipinski definition) is 3. The monoisotopic (exact) mass is 398 g/mol. The van der Waals surface area contributed by atoms with E-state index >= 15 is 0 Å². The maximum atomic E-state index is 12.3. The lowest BCUT2D eigenvalue weighted by Gasteiger charge is -2.19. The van der Waals surface area contributed by atoms with Crippen LogP contribution in [0.2, 0.25) is 0 Å². The Balaban J connectivity index is 1.93. The number of benzene rings is 2. The fourth-order valence-corrected chi connectivity index (χ4v) is 3.05. The number of thiocarbonyl (C=S) groups is 1. The molecule has 0 saturated carbocycles. The number of aryl methyl sites for hydroxylation is 2. The van der Waals surface area contributed by atoms with E-state index in [1.54, 1.807) is 0 Å². The van der Waals surface area contributed by atoms with Crippen LogP contribution in [0.25, 0.3) is 0 Å². The Morgan fingerprint density at radius 1 is 1.04 bits per heavy atom. The molecule has 0 bridgehead atoms. The average molecular weight is 399 g/mol. The highest BCUT2D eigenvalue weighted by atomic mass is 32.1. The van der Waals surface area contributed by atoms with Crippen LogP contribution in [0.3, 0.4) is 0 Å². The van der Waals surface area contributed by atoms with Crippen molar-refractivity contribution in [3.63, 3.8) is 0 Å². The van der Waals surface area contributed by atoms with Gasteiger partial charge in [-0.2, -0.15) is 0 Å². The van der Waals surface area contributed by atoms with Crippen molar-refractivity contribution < 1.29 is 9.59 Å². The van der Waals surface area contributed by atoms with Crippen LogP contribution in [0.5, 0.6) is 0 Å². The lowest BCUT2D eigenvalue weighted by Crippen LogP contribution is -2.45. The first kappa shape index (κ1) is 21.4. The number of amides is 2. The van der Waals surface area contributed by atoms with E-state index in [-0.39, 0.29) is 18.2 Å². The predicted molar refractivity (Wildman–Crippen MR) is 116 cm³/mol. The van der Waals surface area contributed by atoms with Crippen LogP contribution < -0.4 is 21.5 Å². The second kappa shape index (κ2) is 10.4. The van der Waals surface area contributed by atoms with Gasteiger partial charge >= 0.3 is 0 Å². The van der Waals surface area contributed by atoms with Gasteiger partial charge in [0.25, 0.3) is 0 Å². The number of carbonyl (C=O) groups excluding carboxylic acids is 2. The van der Waals surface area contributed by atoms with Crippen LogP contribution in [0, 0.1) is 6.92 Å². The Morgan fingerprint density at radius 3 is 2.39 bits per heavy atom. The zero-order chi connectivity index (χ0) is 20.5. The highest BCUT2D eigenvalue weighted by Gasteiger charge is 2.17. The summed E-state index contributed by atoms with van der Waals surface area (Å²) in [6.07, 6.45) is 0.957. The van der Waals surface area contributed by atoms with Crippen molar-refractivity contribution in [3.8, 4) is 0 Å². The highest BCUT2D eigenvalue weighted by Crippen LogP contribution is 2.21. The predicted octanol–water partition coefficient (Wildman–Crippen LogP) is 3.14. The van der Waals surface area contributed by atoms with E-state index in [0.29, 0.717) is 5.11 Å². The van der Waals surface area contributed by atoms with E-state index in [4.69, 9.17) is 12.2 Å².